The Labute approximate surface area is 277 Å². The number of hydrogen-bond acceptors (Lipinski definition) is 6. The molecule has 0 fully saturated rings. The molecule has 1 aliphatic rings. The number of ether oxygens (including phenoxy) is 2. The first-order valence-corrected chi connectivity index (χ1v) is 16.9. The SMILES string of the molecule is COC(=O)c1c(C)c2c3c(Cl)ccc2n1CCCOc1cc(cc2ccccc12)SCc1cnn(c1)CCCn1nc(C)c(C)c1-3. The molecule has 0 aliphatic carbocycles. The summed E-state index contributed by atoms with van der Waals surface area (Å²) in [5.41, 5.74) is 7.37. The van der Waals surface area contributed by atoms with E-state index in [0.717, 1.165) is 79.1 Å². The second kappa shape index (κ2) is 12.5. The summed E-state index contributed by atoms with van der Waals surface area (Å²) in [4.78, 5) is 14.4. The molecule has 10 heteroatoms. The molecule has 0 saturated heterocycles. The van der Waals surface area contributed by atoms with E-state index in [0.29, 0.717) is 36.8 Å². The third-order valence-electron chi connectivity index (χ3n) is 8.90. The van der Waals surface area contributed by atoms with Crippen LogP contribution in [0.2, 0.25) is 5.02 Å². The molecular formula is C36H36ClN5O3S. The molecule has 46 heavy (non-hydrogen) atoms. The van der Waals surface area contributed by atoms with Gasteiger partial charge in [-0.2, -0.15) is 10.2 Å². The van der Waals surface area contributed by atoms with Crippen LogP contribution in [0.4, 0.5) is 0 Å². The van der Waals surface area contributed by atoms with E-state index < -0.39 is 0 Å². The number of nitrogens with zero attached hydrogens (tertiary/aromatic N) is 5. The molecule has 6 aromatic rings. The van der Waals surface area contributed by atoms with E-state index in [2.05, 4.69) is 57.8 Å². The highest BCUT2D eigenvalue weighted by Gasteiger charge is 2.27. The molecule has 0 spiro atoms. The molecule has 7 rings (SSSR count). The lowest BCUT2D eigenvalue weighted by Crippen LogP contribution is -2.13. The summed E-state index contributed by atoms with van der Waals surface area (Å²) in [6.45, 7) is 8.61. The number of hydrogen-bond donors (Lipinski definition) is 0. The molecule has 236 valence electrons. The van der Waals surface area contributed by atoms with Crippen molar-refractivity contribution in [3.05, 3.63) is 94.0 Å². The number of carbonyl (C=O) groups excluding carboxylic acids is 1. The van der Waals surface area contributed by atoms with Gasteiger partial charge in [0.1, 0.15) is 11.4 Å². The molecule has 0 N–H and O–H groups in total. The molecule has 0 atom stereocenters. The van der Waals surface area contributed by atoms with E-state index in [4.69, 9.17) is 26.2 Å². The van der Waals surface area contributed by atoms with Gasteiger partial charge in [-0.25, -0.2) is 4.79 Å². The summed E-state index contributed by atoms with van der Waals surface area (Å²) in [5, 5.41) is 13.4. The average Bonchev–Trinajstić information content (AvgIpc) is 3.71. The van der Waals surface area contributed by atoms with E-state index in [1.54, 1.807) is 11.8 Å². The summed E-state index contributed by atoms with van der Waals surface area (Å²) < 4.78 is 17.9. The van der Waals surface area contributed by atoms with Gasteiger partial charge in [-0.05, 0) is 74.4 Å². The fraction of sp³-hybridized carbons (Fsp3) is 0.306. The molecular weight excluding hydrogens is 618 g/mol. The predicted molar refractivity (Wildman–Crippen MR) is 184 cm³/mol. The Kier molecular flexibility index (Phi) is 8.29. The van der Waals surface area contributed by atoms with Gasteiger partial charge in [-0.1, -0.05) is 35.9 Å². The summed E-state index contributed by atoms with van der Waals surface area (Å²) in [6, 6.07) is 16.6. The Morgan fingerprint density at radius 3 is 2.72 bits per heavy atom. The molecule has 8 nitrogen and oxygen atoms in total. The fourth-order valence-electron chi connectivity index (χ4n) is 6.59. The zero-order chi connectivity index (χ0) is 31.9. The lowest BCUT2D eigenvalue weighted by atomic mass is 9.99. The smallest absolute Gasteiger partial charge is 0.354 e. The Morgan fingerprint density at radius 2 is 1.87 bits per heavy atom. The molecule has 8 bridgehead atoms. The minimum absolute atomic E-state index is 0.373. The molecule has 0 radical (unpaired) electrons. The molecule has 3 aromatic carbocycles. The van der Waals surface area contributed by atoms with Crippen LogP contribution in [0.5, 0.6) is 5.75 Å². The number of esters is 1. The van der Waals surface area contributed by atoms with Crippen molar-refractivity contribution in [1.29, 1.82) is 0 Å². The first-order valence-electron chi connectivity index (χ1n) is 15.6. The number of carbonyl (C=O) groups is 1. The maximum Gasteiger partial charge on any atom is 0.354 e. The standard InChI is InChI=1S/C36H36ClN5O3S/c1-22-24(3)39-42-15-7-13-40-20-25(19-38-40)21-46-27-17-26-9-5-6-10-28(26)31(18-27)45-16-8-14-41-30-12-11-29(37)33(34(22)42)32(30)23(2)35(41)36(43)44-4/h5-6,9-12,17-20H,7-8,13-16,21H2,1-4H3. The number of aryl methyl sites for hydroxylation is 5. The maximum atomic E-state index is 13.3. The summed E-state index contributed by atoms with van der Waals surface area (Å²) >= 11 is 8.81. The second-order valence-corrected chi connectivity index (χ2v) is 13.3. The molecule has 0 unspecified atom stereocenters. The van der Waals surface area contributed by atoms with E-state index in [1.165, 1.54) is 12.7 Å². The zero-order valence-electron chi connectivity index (χ0n) is 26.5. The van der Waals surface area contributed by atoms with Crippen molar-refractivity contribution in [3.8, 4) is 17.0 Å². The number of methoxy groups -OCH3 is 1. The van der Waals surface area contributed by atoms with E-state index >= 15 is 0 Å². The van der Waals surface area contributed by atoms with Crippen LogP contribution in [0.1, 0.15) is 45.7 Å². The number of rotatable bonds is 1. The highest BCUT2D eigenvalue weighted by molar-refractivity contribution is 7.98. The summed E-state index contributed by atoms with van der Waals surface area (Å²) in [5.74, 6) is 1.30. The van der Waals surface area contributed by atoms with Crippen molar-refractivity contribution in [2.24, 2.45) is 0 Å². The van der Waals surface area contributed by atoms with Crippen LogP contribution in [0.25, 0.3) is 32.9 Å². The van der Waals surface area contributed by atoms with Crippen LogP contribution >= 0.6 is 23.4 Å². The quantitative estimate of drug-likeness (QED) is 0.166. The van der Waals surface area contributed by atoms with Crippen LogP contribution < -0.4 is 4.74 Å². The van der Waals surface area contributed by atoms with Gasteiger partial charge >= 0.3 is 5.97 Å². The topological polar surface area (TPSA) is 76.1 Å². The van der Waals surface area contributed by atoms with Crippen LogP contribution in [-0.4, -0.2) is 43.8 Å². The number of fused-ring (bicyclic) bond motifs is 8. The van der Waals surface area contributed by atoms with Crippen LogP contribution in [0, 0.1) is 20.8 Å². The van der Waals surface area contributed by atoms with Gasteiger partial charge in [0.05, 0.1) is 36.3 Å². The van der Waals surface area contributed by atoms with Crippen molar-refractivity contribution in [3.63, 3.8) is 0 Å². The minimum atomic E-state index is -0.373. The summed E-state index contributed by atoms with van der Waals surface area (Å²) in [6.07, 6.45) is 5.62. The van der Waals surface area contributed by atoms with Gasteiger partial charge in [-0.15, -0.1) is 11.8 Å². The molecule has 3 aromatic heterocycles. The van der Waals surface area contributed by atoms with Gasteiger partial charge in [0, 0.05) is 63.9 Å². The number of halogens is 1. The van der Waals surface area contributed by atoms with Crippen molar-refractivity contribution in [1.82, 2.24) is 24.1 Å². The van der Waals surface area contributed by atoms with Gasteiger partial charge in [-0.3, -0.25) is 9.36 Å². The lowest BCUT2D eigenvalue weighted by molar-refractivity contribution is 0.0587. The zero-order valence-corrected chi connectivity index (χ0v) is 28.0. The first kappa shape index (κ1) is 30.4. The second-order valence-electron chi connectivity index (χ2n) is 11.8. The lowest BCUT2D eigenvalue weighted by Gasteiger charge is -2.14. The number of benzene rings is 3. The monoisotopic (exact) mass is 653 g/mol. The van der Waals surface area contributed by atoms with E-state index in [9.17, 15) is 4.79 Å². The Hall–Kier alpha value is -4.21. The average molecular weight is 654 g/mol. The van der Waals surface area contributed by atoms with Crippen molar-refractivity contribution >= 4 is 51.0 Å². The minimum Gasteiger partial charge on any atom is -0.493 e. The molecule has 4 heterocycles. The highest BCUT2D eigenvalue weighted by atomic mass is 35.5. The maximum absolute atomic E-state index is 13.3. The van der Waals surface area contributed by atoms with Gasteiger partial charge in [0.25, 0.3) is 0 Å². The van der Waals surface area contributed by atoms with Gasteiger partial charge < -0.3 is 14.0 Å². The van der Waals surface area contributed by atoms with Crippen molar-refractivity contribution < 1.29 is 14.3 Å². The largest absolute Gasteiger partial charge is 0.493 e. The Bertz CT molecular complexity index is 2110. The predicted octanol–water partition coefficient (Wildman–Crippen LogP) is 8.38. The number of thioether (sulfide) groups is 1. The van der Waals surface area contributed by atoms with Gasteiger partial charge in [0.15, 0.2) is 0 Å². The molecule has 1 aliphatic heterocycles. The van der Waals surface area contributed by atoms with Crippen LogP contribution in [-0.2, 0) is 30.1 Å². The van der Waals surface area contributed by atoms with E-state index in [1.807, 2.05) is 42.9 Å². The van der Waals surface area contributed by atoms with Gasteiger partial charge in [0.2, 0.25) is 0 Å². The molecule has 0 saturated carbocycles. The first-order chi connectivity index (χ1) is 22.3. The Balaban J connectivity index is 1.36. The third kappa shape index (κ3) is 5.45. The Morgan fingerprint density at radius 1 is 1.02 bits per heavy atom. The fourth-order valence-corrected chi connectivity index (χ4v) is 7.72. The third-order valence-corrected chi connectivity index (χ3v) is 10.3. The van der Waals surface area contributed by atoms with E-state index in [-0.39, 0.29) is 5.97 Å². The highest BCUT2D eigenvalue weighted by Crippen LogP contribution is 2.42. The normalized spacial score (nSPS) is 14.2. The van der Waals surface area contributed by atoms with Crippen LogP contribution in [0.3, 0.4) is 0 Å². The summed E-state index contributed by atoms with van der Waals surface area (Å²) in [7, 11) is 1.43. The van der Waals surface area contributed by atoms with Crippen molar-refractivity contribution in [2.45, 2.75) is 63.9 Å². The molecule has 0 amide bonds. The van der Waals surface area contributed by atoms with Crippen LogP contribution in [0.15, 0.2) is 65.8 Å². The van der Waals surface area contributed by atoms with Crippen molar-refractivity contribution in [2.75, 3.05) is 13.7 Å². The number of aromatic nitrogens is 5.